The van der Waals surface area contributed by atoms with E-state index in [-0.39, 0.29) is 12.4 Å². The van der Waals surface area contributed by atoms with Crippen LogP contribution in [0.4, 0.5) is 0 Å². The summed E-state index contributed by atoms with van der Waals surface area (Å²) in [4.78, 5) is 2.88. The highest BCUT2D eigenvalue weighted by Crippen LogP contribution is 2.30. The maximum atomic E-state index is 13.3. The lowest BCUT2D eigenvalue weighted by Crippen LogP contribution is -2.44. The van der Waals surface area contributed by atoms with Gasteiger partial charge in [-0.1, -0.05) is 35.9 Å². The van der Waals surface area contributed by atoms with Crippen molar-refractivity contribution < 1.29 is 8.42 Å². The molecule has 0 radical (unpaired) electrons. The number of hydrogen-bond acceptors (Lipinski definition) is 3. The van der Waals surface area contributed by atoms with Crippen LogP contribution in [0, 0.1) is 19.8 Å². The van der Waals surface area contributed by atoms with E-state index < -0.39 is 10.0 Å². The zero-order chi connectivity index (χ0) is 20.6. The molecular formula is C23H30Cl2N2O2S. The van der Waals surface area contributed by atoms with E-state index in [0.29, 0.717) is 28.9 Å². The van der Waals surface area contributed by atoms with E-state index in [2.05, 4.69) is 29.2 Å². The van der Waals surface area contributed by atoms with Gasteiger partial charge in [0.05, 0.1) is 4.90 Å². The number of halogens is 2. The maximum absolute atomic E-state index is 13.3. The number of benzene rings is 2. The molecular weight excluding hydrogens is 439 g/mol. The second-order valence-electron chi connectivity index (χ2n) is 8.49. The van der Waals surface area contributed by atoms with Crippen LogP contribution in [-0.4, -0.2) is 43.8 Å². The number of rotatable bonds is 4. The van der Waals surface area contributed by atoms with E-state index in [9.17, 15) is 8.42 Å². The second kappa shape index (κ2) is 9.58. The summed E-state index contributed by atoms with van der Waals surface area (Å²) >= 11 is 6.18. The average Bonchev–Trinajstić information content (AvgIpc) is 2.71. The monoisotopic (exact) mass is 468 g/mol. The molecule has 1 unspecified atom stereocenters. The Kier molecular flexibility index (Phi) is 7.52. The van der Waals surface area contributed by atoms with Gasteiger partial charge < -0.3 is 0 Å². The lowest BCUT2D eigenvalue weighted by molar-refractivity contribution is 0.167. The Balaban J connectivity index is 0.00000256. The van der Waals surface area contributed by atoms with Crippen molar-refractivity contribution in [3.8, 4) is 0 Å². The van der Waals surface area contributed by atoms with Gasteiger partial charge in [0.2, 0.25) is 10.0 Å². The molecule has 0 spiro atoms. The van der Waals surface area contributed by atoms with Gasteiger partial charge in [-0.25, -0.2) is 8.42 Å². The lowest BCUT2D eigenvalue weighted by atomic mass is 9.95. The first-order valence-electron chi connectivity index (χ1n) is 10.4. The topological polar surface area (TPSA) is 40.6 Å². The molecule has 2 aliphatic rings. The molecule has 2 aromatic rings. The second-order valence-corrected chi connectivity index (χ2v) is 10.8. The summed E-state index contributed by atoms with van der Waals surface area (Å²) in [7, 11) is -3.50. The highest BCUT2D eigenvalue weighted by molar-refractivity contribution is 7.89. The molecule has 0 aromatic heterocycles. The highest BCUT2D eigenvalue weighted by atomic mass is 35.5. The van der Waals surface area contributed by atoms with Crippen LogP contribution in [0.5, 0.6) is 0 Å². The third-order valence-electron chi connectivity index (χ3n) is 6.28. The number of piperidine rings is 1. The lowest BCUT2D eigenvalue weighted by Gasteiger charge is -2.37. The van der Waals surface area contributed by atoms with E-state index in [1.165, 1.54) is 11.1 Å². The Morgan fingerprint density at radius 1 is 1.07 bits per heavy atom. The molecule has 2 aromatic carbocycles. The quantitative estimate of drug-likeness (QED) is 0.644. The predicted molar refractivity (Wildman–Crippen MR) is 125 cm³/mol. The Labute approximate surface area is 191 Å². The van der Waals surface area contributed by atoms with Gasteiger partial charge in [0.15, 0.2) is 0 Å². The van der Waals surface area contributed by atoms with E-state index in [4.69, 9.17) is 11.6 Å². The molecule has 0 saturated carbocycles. The average molecular weight is 469 g/mol. The first-order valence-corrected chi connectivity index (χ1v) is 12.2. The van der Waals surface area contributed by atoms with Gasteiger partial charge >= 0.3 is 0 Å². The van der Waals surface area contributed by atoms with Gasteiger partial charge in [-0.15, -0.1) is 12.4 Å². The first kappa shape index (κ1) is 23.6. The smallest absolute Gasteiger partial charge is 0.243 e. The van der Waals surface area contributed by atoms with Gasteiger partial charge in [-0.3, -0.25) is 4.90 Å². The fraction of sp³-hybridized carbons (Fsp3) is 0.478. The summed E-state index contributed by atoms with van der Waals surface area (Å²) in [5.74, 6) is 0.373. The van der Waals surface area contributed by atoms with Crippen LogP contribution >= 0.6 is 24.0 Å². The zero-order valence-corrected chi connectivity index (χ0v) is 20.0. The molecule has 0 amide bonds. The molecule has 4 nitrogen and oxygen atoms in total. The van der Waals surface area contributed by atoms with Crippen LogP contribution in [0.3, 0.4) is 0 Å². The van der Waals surface area contributed by atoms with Crippen molar-refractivity contribution in [2.24, 2.45) is 5.92 Å². The molecule has 1 atom stereocenters. The fourth-order valence-corrected chi connectivity index (χ4v) is 6.71. The summed E-state index contributed by atoms with van der Waals surface area (Å²) in [5.41, 5.74) is 4.38. The SMILES string of the molecule is Cc1cc(S(=O)(=O)N2CCCC(CN3CCc4ccccc4C3)C2)c(C)cc1Cl.Cl. The van der Waals surface area contributed by atoms with Gasteiger partial charge in [0, 0.05) is 37.7 Å². The Morgan fingerprint density at radius 2 is 1.80 bits per heavy atom. The van der Waals surface area contributed by atoms with Gasteiger partial charge in [0.1, 0.15) is 0 Å². The van der Waals surface area contributed by atoms with Gasteiger partial charge in [-0.05, 0) is 73.4 Å². The van der Waals surface area contributed by atoms with Crippen molar-refractivity contribution in [2.75, 3.05) is 26.2 Å². The van der Waals surface area contributed by atoms with E-state index in [0.717, 1.165) is 50.0 Å². The molecule has 2 heterocycles. The fourth-order valence-electron chi connectivity index (χ4n) is 4.64. The van der Waals surface area contributed by atoms with Crippen LogP contribution in [0.25, 0.3) is 0 Å². The number of nitrogens with zero attached hydrogens (tertiary/aromatic N) is 2. The number of fused-ring (bicyclic) bond motifs is 1. The number of hydrogen-bond donors (Lipinski definition) is 0. The summed E-state index contributed by atoms with van der Waals surface area (Å²) in [6.45, 7) is 7.85. The van der Waals surface area contributed by atoms with Crippen molar-refractivity contribution in [2.45, 2.75) is 44.6 Å². The normalized spacial score (nSPS) is 20.4. The number of aryl methyl sites for hydroxylation is 2. The van der Waals surface area contributed by atoms with Crippen LogP contribution in [0.1, 0.15) is 35.1 Å². The minimum absolute atomic E-state index is 0. The van der Waals surface area contributed by atoms with Gasteiger partial charge in [0.25, 0.3) is 0 Å². The van der Waals surface area contributed by atoms with Crippen molar-refractivity contribution in [3.63, 3.8) is 0 Å². The Hall–Kier alpha value is -1.11. The van der Waals surface area contributed by atoms with E-state index >= 15 is 0 Å². The summed E-state index contributed by atoms with van der Waals surface area (Å²) in [6.07, 6.45) is 3.08. The van der Waals surface area contributed by atoms with E-state index in [1.54, 1.807) is 16.4 Å². The molecule has 0 aliphatic carbocycles. The summed E-state index contributed by atoms with van der Waals surface area (Å²) in [5, 5.41) is 0.614. The van der Waals surface area contributed by atoms with Crippen LogP contribution in [0.2, 0.25) is 5.02 Å². The maximum Gasteiger partial charge on any atom is 0.243 e. The van der Waals surface area contributed by atoms with Crippen molar-refractivity contribution in [3.05, 3.63) is 63.7 Å². The van der Waals surface area contributed by atoms with Crippen molar-refractivity contribution >= 4 is 34.0 Å². The zero-order valence-electron chi connectivity index (χ0n) is 17.6. The molecule has 30 heavy (non-hydrogen) atoms. The molecule has 1 fully saturated rings. The van der Waals surface area contributed by atoms with Crippen LogP contribution < -0.4 is 0 Å². The minimum atomic E-state index is -3.50. The van der Waals surface area contributed by atoms with Crippen molar-refractivity contribution in [1.82, 2.24) is 9.21 Å². The third kappa shape index (κ3) is 4.86. The highest BCUT2D eigenvalue weighted by Gasteiger charge is 2.32. The Bertz CT molecular complexity index is 1010. The molecule has 1 saturated heterocycles. The Morgan fingerprint density at radius 3 is 2.57 bits per heavy atom. The molecule has 0 N–H and O–H groups in total. The predicted octanol–water partition coefficient (Wildman–Crippen LogP) is 4.84. The summed E-state index contributed by atoms with van der Waals surface area (Å²) < 4.78 is 28.4. The standard InChI is InChI=1S/C23H29ClN2O2S.ClH/c1-17-13-23(18(2)12-22(17)24)29(27,28)26-10-5-6-19(15-26)14-25-11-9-20-7-3-4-8-21(20)16-25;/h3-4,7-8,12-13,19H,5-6,9-11,14-16H2,1-2H3;1H. The summed E-state index contributed by atoms with van der Waals surface area (Å²) in [6, 6.07) is 12.1. The van der Waals surface area contributed by atoms with Crippen LogP contribution in [0.15, 0.2) is 41.3 Å². The first-order chi connectivity index (χ1) is 13.8. The largest absolute Gasteiger partial charge is 0.298 e. The van der Waals surface area contributed by atoms with E-state index in [1.807, 2.05) is 13.8 Å². The van der Waals surface area contributed by atoms with Crippen LogP contribution in [-0.2, 0) is 23.0 Å². The molecule has 7 heteroatoms. The molecule has 2 aliphatic heterocycles. The number of sulfonamides is 1. The molecule has 164 valence electrons. The minimum Gasteiger partial charge on any atom is -0.298 e. The molecule has 0 bridgehead atoms. The van der Waals surface area contributed by atoms with Crippen molar-refractivity contribution in [1.29, 1.82) is 0 Å². The van der Waals surface area contributed by atoms with Gasteiger partial charge in [-0.2, -0.15) is 4.31 Å². The third-order valence-corrected chi connectivity index (χ3v) is 8.70. The molecule has 4 rings (SSSR count).